The van der Waals surface area contributed by atoms with E-state index >= 15 is 0 Å². The molecule has 0 saturated heterocycles. The summed E-state index contributed by atoms with van der Waals surface area (Å²) in [6, 6.07) is 0. The highest BCUT2D eigenvalue weighted by Gasteiger charge is 2.07. The van der Waals surface area contributed by atoms with E-state index in [1.807, 2.05) is 6.92 Å². The second-order valence-corrected chi connectivity index (χ2v) is 3.42. The van der Waals surface area contributed by atoms with Gasteiger partial charge in [0, 0.05) is 26.4 Å². The standard InChI is InChI=1S/C10H19NO3/c1-3-4-6-9(12)11(2)8-5-7-10(13)14/h3-8H2,1-2H3,(H,13,14). The summed E-state index contributed by atoms with van der Waals surface area (Å²) in [6.45, 7) is 2.58. The van der Waals surface area contributed by atoms with E-state index in [0.717, 1.165) is 12.8 Å². The summed E-state index contributed by atoms with van der Waals surface area (Å²) in [5.41, 5.74) is 0. The van der Waals surface area contributed by atoms with Crippen molar-refractivity contribution in [3.05, 3.63) is 0 Å². The first-order valence-electron chi connectivity index (χ1n) is 5.03. The Labute approximate surface area is 84.9 Å². The molecule has 0 aliphatic heterocycles. The number of carbonyl (C=O) groups is 2. The maximum Gasteiger partial charge on any atom is 0.303 e. The molecular weight excluding hydrogens is 182 g/mol. The van der Waals surface area contributed by atoms with E-state index < -0.39 is 5.97 Å². The second-order valence-electron chi connectivity index (χ2n) is 3.42. The number of carboxylic acids is 1. The van der Waals surface area contributed by atoms with Crippen LogP contribution in [0.2, 0.25) is 0 Å². The Hall–Kier alpha value is -1.06. The minimum atomic E-state index is -0.806. The van der Waals surface area contributed by atoms with Gasteiger partial charge in [-0.3, -0.25) is 9.59 Å². The summed E-state index contributed by atoms with van der Waals surface area (Å²) < 4.78 is 0. The summed E-state index contributed by atoms with van der Waals surface area (Å²) in [7, 11) is 1.72. The van der Waals surface area contributed by atoms with Gasteiger partial charge >= 0.3 is 5.97 Å². The van der Waals surface area contributed by atoms with Crippen molar-refractivity contribution >= 4 is 11.9 Å². The molecule has 1 N–H and O–H groups in total. The van der Waals surface area contributed by atoms with Gasteiger partial charge < -0.3 is 10.0 Å². The molecule has 0 radical (unpaired) electrons. The van der Waals surface area contributed by atoms with Gasteiger partial charge in [0.05, 0.1) is 0 Å². The first-order chi connectivity index (χ1) is 6.57. The van der Waals surface area contributed by atoms with Crippen LogP contribution in [0.4, 0.5) is 0 Å². The number of unbranched alkanes of at least 4 members (excludes halogenated alkanes) is 1. The predicted molar refractivity (Wildman–Crippen MR) is 54.0 cm³/mol. The number of aliphatic carboxylic acids is 1. The molecule has 0 saturated carbocycles. The molecule has 0 fully saturated rings. The van der Waals surface area contributed by atoms with Gasteiger partial charge in [0.2, 0.25) is 5.91 Å². The van der Waals surface area contributed by atoms with Gasteiger partial charge in [-0.25, -0.2) is 0 Å². The van der Waals surface area contributed by atoms with Crippen LogP contribution in [0, 0.1) is 0 Å². The zero-order chi connectivity index (χ0) is 11.0. The lowest BCUT2D eigenvalue weighted by molar-refractivity contribution is -0.138. The number of nitrogens with zero attached hydrogens (tertiary/aromatic N) is 1. The Morgan fingerprint density at radius 2 is 1.86 bits per heavy atom. The third kappa shape index (κ3) is 6.46. The fourth-order valence-corrected chi connectivity index (χ4v) is 1.11. The number of rotatable bonds is 7. The van der Waals surface area contributed by atoms with Gasteiger partial charge in [-0.1, -0.05) is 13.3 Å². The molecule has 14 heavy (non-hydrogen) atoms. The van der Waals surface area contributed by atoms with Gasteiger partial charge in [0.1, 0.15) is 0 Å². The van der Waals surface area contributed by atoms with Crippen LogP contribution >= 0.6 is 0 Å². The van der Waals surface area contributed by atoms with E-state index in [4.69, 9.17) is 5.11 Å². The van der Waals surface area contributed by atoms with Crippen molar-refractivity contribution in [3.8, 4) is 0 Å². The molecule has 0 bridgehead atoms. The lowest BCUT2D eigenvalue weighted by atomic mass is 10.2. The molecule has 4 nitrogen and oxygen atoms in total. The molecule has 0 aliphatic carbocycles. The van der Waals surface area contributed by atoms with Crippen molar-refractivity contribution in [2.24, 2.45) is 0 Å². The third-order valence-corrected chi connectivity index (χ3v) is 2.05. The van der Waals surface area contributed by atoms with Crippen molar-refractivity contribution in [2.75, 3.05) is 13.6 Å². The monoisotopic (exact) mass is 201 g/mol. The molecule has 0 heterocycles. The second kappa shape index (κ2) is 7.35. The summed E-state index contributed by atoms with van der Waals surface area (Å²) in [6.07, 6.45) is 3.14. The highest BCUT2D eigenvalue weighted by molar-refractivity contribution is 5.75. The average molecular weight is 201 g/mol. The Kier molecular flexibility index (Phi) is 6.80. The molecule has 0 aromatic heterocycles. The molecule has 82 valence electrons. The molecule has 0 aromatic carbocycles. The Morgan fingerprint density at radius 1 is 1.21 bits per heavy atom. The lowest BCUT2D eigenvalue weighted by Gasteiger charge is -2.16. The van der Waals surface area contributed by atoms with Crippen LogP contribution in [0.5, 0.6) is 0 Å². The van der Waals surface area contributed by atoms with E-state index in [-0.39, 0.29) is 12.3 Å². The topological polar surface area (TPSA) is 57.6 Å². The number of hydrogen-bond acceptors (Lipinski definition) is 2. The van der Waals surface area contributed by atoms with Gasteiger partial charge in [0.15, 0.2) is 0 Å². The van der Waals surface area contributed by atoms with Gasteiger partial charge in [-0.2, -0.15) is 0 Å². The normalized spacial score (nSPS) is 9.86. The van der Waals surface area contributed by atoms with E-state index in [0.29, 0.717) is 19.4 Å². The molecule has 0 spiro atoms. The van der Waals surface area contributed by atoms with E-state index in [2.05, 4.69) is 0 Å². The van der Waals surface area contributed by atoms with Crippen molar-refractivity contribution < 1.29 is 14.7 Å². The van der Waals surface area contributed by atoms with Crippen LogP contribution < -0.4 is 0 Å². The first-order valence-corrected chi connectivity index (χ1v) is 5.03. The van der Waals surface area contributed by atoms with Gasteiger partial charge in [0.25, 0.3) is 0 Å². The fraction of sp³-hybridized carbons (Fsp3) is 0.800. The molecular formula is C10H19NO3. The number of hydrogen-bond donors (Lipinski definition) is 1. The summed E-state index contributed by atoms with van der Waals surface area (Å²) in [4.78, 5) is 23.2. The molecule has 1 amide bonds. The molecule has 0 aliphatic rings. The maximum atomic E-state index is 11.4. The van der Waals surface area contributed by atoms with Crippen LogP contribution in [-0.4, -0.2) is 35.5 Å². The van der Waals surface area contributed by atoms with E-state index in [9.17, 15) is 9.59 Å². The summed E-state index contributed by atoms with van der Waals surface area (Å²) in [5, 5.41) is 8.40. The van der Waals surface area contributed by atoms with Crippen LogP contribution in [0.1, 0.15) is 39.0 Å². The quantitative estimate of drug-likeness (QED) is 0.679. The van der Waals surface area contributed by atoms with E-state index in [1.54, 1.807) is 11.9 Å². The first kappa shape index (κ1) is 12.9. The Morgan fingerprint density at radius 3 is 2.36 bits per heavy atom. The molecule has 0 aromatic rings. The van der Waals surface area contributed by atoms with Crippen LogP contribution in [0.25, 0.3) is 0 Å². The average Bonchev–Trinajstić information content (AvgIpc) is 2.13. The van der Waals surface area contributed by atoms with Gasteiger partial charge in [-0.15, -0.1) is 0 Å². The zero-order valence-electron chi connectivity index (χ0n) is 8.95. The van der Waals surface area contributed by atoms with Crippen molar-refractivity contribution in [1.29, 1.82) is 0 Å². The number of amides is 1. The van der Waals surface area contributed by atoms with E-state index in [1.165, 1.54) is 0 Å². The third-order valence-electron chi connectivity index (χ3n) is 2.05. The smallest absolute Gasteiger partial charge is 0.303 e. The SMILES string of the molecule is CCCCC(=O)N(C)CCCC(=O)O. The minimum absolute atomic E-state index is 0.109. The Balaban J connectivity index is 3.56. The Bertz CT molecular complexity index is 192. The number of carbonyl (C=O) groups excluding carboxylic acids is 1. The number of carboxylic acid groups (broad SMARTS) is 1. The zero-order valence-corrected chi connectivity index (χ0v) is 8.95. The minimum Gasteiger partial charge on any atom is -0.481 e. The van der Waals surface area contributed by atoms with Gasteiger partial charge in [-0.05, 0) is 12.8 Å². The largest absolute Gasteiger partial charge is 0.481 e. The highest BCUT2D eigenvalue weighted by atomic mass is 16.4. The summed E-state index contributed by atoms with van der Waals surface area (Å²) in [5.74, 6) is -0.698. The predicted octanol–water partition coefficient (Wildman–Crippen LogP) is 1.50. The fourth-order valence-electron chi connectivity index (χ4n) is 1.11. The van der Waals surface area contributed by atoms with Crippen molar-refractivity contribution in [3.63, 3.8) is 0 Å². The molecule has 4 heteroatoms. The molecule has 0 atom stereocenters. The molecule has 0 rings (SSSR count). The highest BCUT2D eigenvalue weighted by Crippen LogP contribution is 2.00. The summed E-state index contributed by atoms with van der Waals surface area (Å²) >= 11 is 0. The lowest BCUT2D eigenvalue weighted by Crippen LogP contribution is -2.27. The van der Waals surface area contributed by atoms with Crippen LogP contribution in [0.15, 0.2) is 0 Å². The molecule has 0 unspecified atom stereocenters. The van der Waals surface area contributed by atoms with Crippen LogP contribution in [-0.2, 0) is 9.59 Å². The van der Waals surface area contributed by atoms with Crippen LogP contribution in [0.3, 0.4) is 0 Å². The van der Waals surface area contributed by atoms with Crippen molar-refractivity contribution in [1.82, 2.24) is 4.90 Å². The maximum absolute atomic E-state index is 11.4. The van der Waals surface area contributed by atoms with Crippen molar-refractivity contribution in [2.45, 2.75) is 39.0 Å².